The Kier molecular flexibility index (Phi) is 4.84. The largest absolute Gasteiger partial charge is 0.272 e. The summed E-state index contributed by atoms with van der Waals surface area (Å²) in [5.41, 5.74) is 6.94. The Balaban J connectivity index is 1.72. The van der Waals surface area contributed by atoms with E-state index in [2.05, 4.69) is 25.5 Å². The van der Waals surface area contributed by atoms with Crippen molar-refractivity contribution in [2.24, 2.45) is 5.10 Å². The number of hydrogen-bond acceptors (Lipinski definition) is 5. The summed E-state index contributed by atoms with van der Waals surface area (Å²) in [6.07, 6.45) is 6.82. The lowest BCUT2D eigenvalue weighted by atomic mass is 10.0. The van der Waals surface area contributed by atoms with Crippen LogP contribution in [0.2, 0.25) is 0 Å². The van der Waals surface area contributed by atoms with Crippen LogP contribution in [0.1, 0.15) is 22.8 Å². The predicted octanol–water partition coefficient (Wildman–Crippen LogP) is 3.85. The molecule has 0 saturated heterocycles. The minimum atomic E-state index is -0.299. The summed E-state index contributed by atoms with van der Waals surface area (Å²) in [5.74, 6) is -0.299. The lowest BCUT2D eigenvalue weighted by Gasteiger charge is -2.09. The van der Waals surface area contributed by atoms with Gasteiger partial charge in [-0.2, -0.15) is 5.10 Å². The van der Waals surface area contributed by atoms with Crippen LogP contribution >= 0.6 is 0 Å². The molecule has 0 aliphatic carbocycles. The highest BCUT2D eigenvalue weighted by Gasteiger charge is 2.14. The fourth-order valence-corrected chi connectivity index (χ4v) is 2.86. The number of fused-ring (bicyclic) bond motifs is 1. The number of benzene rings is 1. The molecule has 6 heteroatoms. The molecule has 0 atom stereocenters. The fourth-order valence-electron chi connectivity index (χ4n) is 2.86. The maximum atomic E-state index is 12.9. The number of amides is 1. The Morgan fingerprint density at radius 3 is 2.50 bits per heavy atom. The zero-order valence-corrected chi connectivity index (χ0v) is 15.2. The fraction of sp³-hybridized carbons (Fsp3) is 0.0455. The van der Waals surface area contributed by atoms with Gasteiger partial charge in [-0.05, 0) is 37.3 Å². The number of hydrazone groups is 1. The molecule has 4 aromatic rings. The molecule has 0 aliphatic heterocycles. The molecule has 0 radical (unpaired) electrons. The number of para-hydroxylation sites is 1. The van der Waals surface area contributed by atoms with Crippen molar-refractivity contribution in [2.45, 2.75) is 6.92 Å². The van der Waals surface area contributed by atoms with Crippen LogP contribution in [0.25, 0.3) is 22.2 Å². The molecule has 0 saturated carbocycles. The SMILES string of the molecule is C/C(=N/NC(=O)c1cc(-c2cccnc2)nc2ccccc12)c1cccnc1. The Labute approximate surface area is 162 Å². The first-order valence-corrected chi connectivity index (χ1v) is 8.77. The van der Waals surface area contributed by atoms with Gasteiger partial charge in [0.25, 0.3) is 5.91 Å². The molecule has 0 spiro atoms. The van der Waals surface area contributed by atoms with Crippen molar-refractivity contribution >= 4 is 22.5 Å². The molecule has 1 aromatic carbocycles. The van der Waals surface area contributed by atoms with Crippen LogP contribution in [-0.4, -0.2) is 26.6 Å². The van der Waals surface area contributed by atoms with E-state index in [1.165, 1.54) is 0 Å². The number of pyridine rings is 3. The van der Waals surface area contributed by atoms with Gasteiger partial charge < -0.3 is 0 Å². The molecular formula is C22H17N5O. The Hall–Kier alpha value is -3.93. The zero-order chi connectivity index (χ0) is 19.3. The molecule has 0 bridgehead atoms. The van der Waals surface area contributed by atoms with E-state index in [1.807, 2.05) is 55.5 Å². The van der Waals surface area contributed by atoms with Crippen molar-refractivity contribution in [3.8, 4) is 11.3 Å². The maximum Gasteiger partial charge on any atom is 0.272 e. The van der Waals surface area contributed by atoms with Gasteiger partial charge in [0, 0.05) is 41.3 Å². The highest BCUT2D eigenvalue weighted by atomic mass is 16.2. The molecule has 0 aliphatic rings. The highest BCUT2D eigenvalue weighted by Crippen LogP contribution is 2.24. The highest BCUT2D eigenvalue weighted by molar-refractivity contribution is 6.08. The molecule has 3 aromatic heterocycles. The summed E-state index contributed by atoms with van der Waals surface area (Å²) < 4.78 is 0. The summed E-state index contributed by atoms with van der Waals surface area (Å²) in [4.78, 5) is 25.8. The van der Waals surface area contributed by atoms with Crippen molar-refractivity contribution < 1.29 is 4.79 Å². The minimum absolute atomic E-state index is 0.299. The van der Waals surface area contributed by atoms with Gasteiger partial charge in [-0.3, -0.25) is 14.8 Å². The number of nitrogens with zero attached hydrogens (tertiary/aromatic N) is 4. The van der Waals surface area contributed by atoms with Gasteiger partial charge in [0.15, 0.2) is 0 Å². The number of rotatable bonds is 4. The average molecular weight is 367 g/mol. The molecule has 3 heterocycles. The molecule has 136 valence electrons. The van der Waals surface area contributed by atoms with E-state index in [9.17, 15) is 4.79 Å². The van der Waals surface area contributed by atoms with Gasteiger partial charge in [0.2, 0.25) is 0 Å². The van der Waals surface area contributed by atoms with E-state index in [0.717, 1.165) is 22.0 Å². The first-order chi connectivity index (χ1) is 13.7. The van der Waals surface area contributed by atoms with E-state index in [4.69, 9.17) is 0 Å². The predicted molar refractivity (Wildman–Crippen MR) is 109 cm³/mol. The molecule has 1 amide bonds. The van der Waals surface area contributed by atoms with Gasteiger partial charge in [-0.15, -0.1) is 0 Å². The van der Waals surface area contributed by atoms with Gasteiger partial charge in [-0.25, -0.2) is 10.4 Å². The second kappa shape index (κ2) is 7.75. The molecule has 4 rings (SSSR count). The van der Waals surface area contributed by atoms with E-state index >= 15 is 0 Å². The molecule has 1 N–H and O–H groups in total. The van der Waals surface area contributed by atoms with Gasteiger partial charge in [0.1, 0.15) is 0 Å². The van der Waals surface area contributed by atoms with Gasteiger partial charge in [-0.1, -0.05) is 24.3 Å². The van der Waals surface area contributed by atoms with Crippen molar-refractivity contribution in [1.82, 2.24) is 20.4 Å². The van der Waals surface area contributed by atoms with E-state index in [-0.39, 0.29) is 5.91 Å². The number of nitrogens with one attached hydrogen (secondary N) is 1. The number of hydrogen-bond donors (Lipinski definition) is 1. The summed E-state index contributed by atoms with van der Waals surface area (Å²) in [6, 6.07) is 16.8. The molecule has 0 fully saturated rings. The smallest absolute Gasteiger partial charge is 0.267 e. The third-order valence-electron chi connectivity index (χ3n) is 4.32. The van der Waals surface area contributed by atoms with E-state index < -0.39 is 0 Å². The van der Waals surface area contributed by atoms with Gasteiger partial charge in [0.05, 0.1) is 22.5 Å². The number of aromatic nitrogens is 3. The average Bonchev–Trinajstić information content (AvgIpc) is 2.77. The van der Waals surface area contributed by atoms with Crippen molar-refractivity contribution in [1.29, 1.82) is 0 Å². The Bertz CT molecular complexity index is 1160. The van der Waals surface area contributed by atoms with Crippen LogP contribution in [0.5, 0.6) is 0 Å². The molecule has 28 heavy (non-hydrogen) atoms. The van der Waals surface area contributed by atoms with Crippen LogP contribution < -0.4 is 5.43 Å². The Morgan fingerprint density at radius 1 is 0.964 bits per heavy atom. The quantitative estimate of drug-likeness (QED) is 0.439. The normalized spacial score (nSPS) is 11.4. The molecule has 0 unspecified atom stereocenters. The third kappa shape index (κ3) is 3.61. The molecular weight excluding hydrogens is 350 g/mol. The number of carbonyl (C=O) groups is 1. The van der Waals surface area contributed by atoms with Crippen molar-refractivity contribution in [3.05, 3.63) is 90.5 Å². The van der Waals surface area contributed by atoms with E-state index in [0.29, 0.717) is 17.0 Å². The minimum Gasteiger partial charge on any atom is -0.267 e. The first-order valence-electron chi connectivity index (χ1n) is 8.77. The Morgan fingerprint density at radius 2 is 1.75 bits per heavy atom. The van der Waals surface area contributed by atoms with E-state index in [1.54, 1.807) is 30.9 Å². The van der Waals surface area contributed by atoms with Crippen molar-refractivity contribution in [2.75, 3.05) is 0 Å². The van der Waals surface area contributed by atoms with Crippen LogP contribution in [0.15, 0.2) is 84.5 Å². The summed E-state index contributed by atoms with van der Waals surface area (Å²) in [7, 11) is 0. The zero-order valence-electron chi connectivity index (χ0n) is 15.2. The van der Waals surface area contributed by atoms with Crippen LogP contribution in [0.3, 0.4) is 0 Å². The topological polar surface area (TPSA) is 80.1 Å². The number of carbonyl (C=O) groups excluding carboxylic acids is 1. The van der Waals surface area contributed by atoms with Crippen LogP contribution in [0, 0.1) is 0 Å². The second-order valence-electron chi connectivity index (χ2n) is 6.19. The monoisotopic (exact) mass is 367 g/mol. The molecule has 6 nitrogen and oxygen atoms in total. The maximum absolute atomic E-state index is 12.9. The lowest BCUT2D eigenvalue weighted by Crippen LogP contribution is -2.20. The third-order valence-corrected chi connectivity index (χ3v) is 4.32. The summed E-state index contributed by atoms with van der Waals surface area (Å²) in [6.45, 7) is 1.82. The van der Waals surface area contributed by atoms with Crippen molar-refractivity contribution in [3.63, 3.8) is 0 Å². The second-order valence-corrected chi connectivity index (χ2v) is 6.19. The van der Waals surface area contributed by atoms with Crippen LogP contribution in [-0.2, 0) is 0 Å². The van der Waals surface area contributed by atoms with Crippen LogP contribution in [0.4, 0.5) is 0 Å². The lowest BCUT2D eigenvalue weighted by molar-refractivity contribution is 0.0956. The van der Waals surface area contributed by atoms with Gasteiger partial charge >= 0.3 is 0 Å². The standard InChI is InChI=1S/C22H17N5O/c1-15(16-6-4-10-23-13-16)26-27-22(28)19-12-21(17-7-5-11-24-14-17)25-20-9-3-2-8-18(19)20/h2-14H,1H3,(H,27,28)/b26-15-. The summed E-state index contributed by atoms with van der Waals surface area (Å²) in [5, 5.41) is 4.99. The first kappa shape index (κ1) is 17.5. The summed E-state index contributed by atoms with van der Waals surface area (Å²) >= 11 is 0.